The molecule has 5 N–H and O–H groups in total. The van der Waals surface area contributed by atoms with Gasteiger partial charge in [0.25, 0.3) is 0 Å². The van der Waals surface area contributed by atoms with E-state index in [1.807, 2.05) is 0 Å². The molecule has 0 aliphatic heterocycles. The first-order chi connectivity index (χ1) is 7.67. The number of nitrogens with one attached hydrogen (secondary N) is 1. The molecule has 6 heteroatoms. The molecule has 0 heterocycles. The van der Waals surface area contributed by atoms with Crippen LogP contribution in [0.2, 0.25) is 0 Å². The van der Waals surface area contributed by atoms with Gasteiger partial charge in [-0.2, -0.15) is 0 Å². The lowest BCUT2D eigenvalue weighted by Crippen LogP contribution is -2.19. The number of aliphatic hydroxyl groups is 1. The number of rotatable bonds is 5. The molecule has 0 aliphatic carbocycles. The van der Waals surface area contributed by atoms with Gasteiger partial charge in [0.05, 0.1) is 6.61 Å². The fourth-order valence-electron chi connectivity index (χ4n) is 1.27. The summed E-state index contributed by atoms with van der Waals surface area (Å²) < 4.78 is 13.2. The van der Waals surface area contributed by atoms with Crippen molar-refractivity contribution in [2.75, 3.05) is 13.2 Å². The van der Waals surface area contributed by atoms with Crippen LogP contribution in [0.1, 0.15) is 11.1 Å². The zero-order valence-corrected chi connectivity index (χ0v) is 8.65. The molecule has 1 aromatic rings. The quantitative estimate of drug-likeness (QED) is 0.187. The van der Waals surface area contributed by atoms with Gasteiger partial charge in [-0.05, 0) is 23.8 Å². The Morgan fingerprint density at radius 1 is 1.44 bits per heavy atom. The van der Waals surface area contributed by atoms with Gasteiger partial charge in [0, 0.05) is 18.7 Å². The third-order valence-corrected chi connectivity index (χ3v) is 1.98. The Kier molecular flexibility index (Phi) is 4.68. The predicted molar refractivity (Wildman–Crippen MR) is 57.7 cm³/mol. The molecule has 0 fully saturated rings. The Morgan fingerprint density at radius 3 is 2.81 bits per heavy atom. The molecule has 0 spiro atoms. The van der Waals surface area contributed by atoms with E-state index in [1.165, 1.54) is 12.1 Å². The summed E-state index contributed by atoms with van der Waals surface area (Å²) in [7, 11) is 0. The van der Waals surface area contributed by atoms with Crippen LogP contribution in [0, 0.1) is 5.82 Å². The van der Waals surface area contributed by atoms with Crippen molar-refractivity contribution in [3.8, 4) is 0 Å². The highest BCUT2D eigenvalue weighted by molar-refractivity contribution is 5.97. The second-order valence-electron chi connectivity index (χ2n) is 3.23. The van der Waals surface area contributed by atoms with Crippen LogP contribution in [-0.2, 0) is 6.54 Å². The average molecular weight is 227 g/mol. The first-order valence-electron chi connectivity index (χ1n) is 4.76. The van der Waals surface area contributed by atoms with E-state index in [2.05, 4.69) is 10.5 Å². The second-order valence-corrected chi connectivity index (χ2v) is 3.23. The van der Waals surface area contributed by atoms with Gasteiger partial charge in [-0.3, -0.25) is 0 Å². The molecule has 0 radical (unpaired) electrons. The standard InChI is InChI=1S/C10H14FN3O2/c11-9-4-7(6-13-1-2-15)3-8(5-9)10(12)14-16/h3-5,13,15-16H,1-2,6H2,(H2,12,14). The summed E-state index contributed by atoms with van der Waals surface area (Å²) in [6, 6.07) is 4.14. The maximum atomic E-state index is 13.2. The van der Waals surface area contributed by atoms with Gasteiger partial charge in [0.2, 0.25) is 0 Å². The van der Waals surface area contributed by atoms with E-state index in [1.54, 1.807) is 6.07 Å². The van der Waals surface area contributed by atoms with Crippen molar-refractivity contribution < 1.29 is 14.7 Å². The van der Waals surface area contributed by atoms with Crippen molar-refractivity contribution in [2.24, 2.45) is 10.9 Å². The van der Waals surface area contributed by atoms with Crippen LogP contribution < -0.4 is 11.1 Å². The Labute approximate surface area is 92.4 Å². The van der Waals surface area contributed by atoms with Crippen LogP contribution >= 0.6 is 0 Å². The molecule has 0 bridgehead atoms. The van der Waals surface area contributed by atoms with E-state index in [4.69, 9.17) is 16.0 Å². The maximum absolute atomic E-state index is 13.2. The average Bonchev–Trinajstić information content (AvgIpc) is 2.27. The lowest BCUT2D eigenvalue weighted by atomic mass is 10.1. The normalized spacial score (nSPS) is 11.8. The fraction of sp³-hybridized carbons (Fsp3) is 0.300. The van der Waals surface area contributed by atoms with Gasteiger partial charge in [0.15, 0.2) is 5.84 Å². The van der Waals surface area contributed by atoms with Crippen molar-refractivity contribution in [2.45, 2.75) is 6.54 Å². The van der Waals surface area contributed by atoms with Crippen LogP contribution in [0.15, 0.2) is 23.4 Å². The van der Waals surface area contributed by atoms with Crippen molar-refractivity contribution in [1.29, 1.82) is 0 Å². The SMILES string of the molecule is N/C(=N/O)c1cc(F)cc(CNCCO)c1. The first-order valence-corrected chi connectivity index (χ1v) is 4.76. The summed E-state index contributed by atoms with van der Waals surface area (Å²) in [5.74, 6) is -0.590. The molecule has 16 heavy (non-hydrogen) atoms. The third-order valence-electron chi connectivity index (χ3n) is 1.98. The number of halogens is 1. The molecule has 0 saturated heterocycles. The molecule has 0 unspecified atom stereocenters. The van der Waals surface area contributed by atoms with E-state index in [-0.39, 0.29) is 12.4 Å². The summed E-state index contributed by atoms with van der Waals surface area (Å²) in [5.41, 5.74) is 6.34. The highest BCUT2D eigenvalue weighted by Gasteiger charge is 2.04. The van der Waals surface area contributed by atoms with Gasteiger partial charge >= 0.3 is 0 Å². The highest BCUT2D eigenvalue weighted by Crippen LogP contribution is 2.09. The number of hydrogen-bond donors (Lipinski definition) is 4. The zero-order valence-electron chi connectivity index (χ0n) is 8.65. The van der Waals surface area contributed by atoms with E-state index >= 15 is 0 Å². The van der Waals surface area contributed by atoms with E-state index in [0.717, 1.165) is 0 Å². The van der Waals surface area contributed by atoms with Crippen molar-refractivity contribution in [3.63, 3.8) is 0 Å². The zero-order chi connectivity index (χ0) is 12.0. The Hall–Kier alpha value is -1.66. The summed E-state index contributed by atoms with van der Waals surface area (Å²) in [6.07, 6.45) is 0. The molecule has 0 aliphatic rings. The second kappa shape index (κ2) is 6.04. The monoisotopic (exact) mass is 227 g/mol. The van der Waals surface area contributed by atoms with Crippen LogP contribution in [0.4, 0.5) is 4.39 Å². The highest BCUT2D eigenvalue weighted by atomic mass is 19.1. The molecule has 5 nitrogen and oxygen atoms in total. The van der Waals surface area contributed by atoms with E-state index in [9.17, 15) is 4.39 Å². The van der Waals surface area contributed by atoms with Crippen molar-refractivity contribution in [3.05, 3.63) is 35.1 Å². The van der Waals surface area contributed by atoms with Crippen LogP contribution in [-0.4, -0.2) is 29.3 Å². The van der Waals surface area contributed by atoms with Crippen molar-refractivity contribution in [1.82, 2.24) is 5.32 Å². The molecule has 0 atom stereocenters. The number of nitrogens with two attached hydrogens (primary N) is 1. The minimum absolute atomic E-state index is 0.0163. The molecule has 88 valence electrons. The number of amidine groups is 1. The summed E-state index contributed by atoms with van der Waals surface area (Å²) in [4.78, 5) is 0. The largest absolute Gasteiger partial charge is 0.409 e. The molecular formula is C10H14FN3O2. The van der Waals surface area contributed by atoms with Gasteiger partial charge in [-0.25, -0.2) is 4.39 Å². The van der Waals surface area contributed by atoms with E-state index < -0.39 is 5.82 Å². The fourth-order valence-corrected chi connectivity index (χ4v) is 1.27. The molecule has 0 aromatic heterocycles. The Bertz CT molecular complexity index is 382. The topological polar surface area (TPSA) is 90.9 Å². The molecule has 1 aromatic carbocycles. The Morgan fingerprint density at radius 2 is 2.19 bits per heavy atom. The van der Waals surface area contributed by atoms with Crippen molar-refractivity contribution >= 4 is 5.84 Å². The first kappa shape index (κ1) is 12.4. The number of oxime groups is 1. The van der Waals surface area contributed by atoms with Gasteiger partial charge in [0.1, 0.15) is 5.82 Å². The summed E-state index contributed by atoms with van der Waals surface area (Å²) in [6.45, 7) is 0.849. The van der Waals surface area contributed by atoms with Crippen LogP contribution in [0.25, 0.3) is 0 Å². The van der Waals surface area contributed by atoms with E-state index in [0.29, 0.717) is 24.2 Å². The van der Waals surface area contributed by atoms with Crippen LogP contribution in [0.5, 0.6) is 0 Å². The minimum Gasteiger partial charge on any atom is -0.409 e. The predicted octanol–water partition coefficient (Wildman–Crippen LogP) is 0.00210. The molecule has 1 rings (SSSR count). The lowest BCUT2D eigenvalue weighted by Gasteiger charge is -2.06. The molecule has 0 saturated carbocycles. The summed E-state index contributed by atoms with van der Waals surface area (Å²) in [5, 5.41) is 22.8. The number of aliphatic hydroxyl groups excluding tert-OH is 1. The van der Waals surface area contributed by atoms with Gasteiger partial charge < -0.3 is 21.4 Å². The number of nitrogens with zero attached hydrogens (tertiary/aromatic N) is 1. The van der Waals surface area contributed by atoms with Gasteiger partial charge in [-0.1, -0.05) is 5.16 Å². The molecule has 0 amide bonds. The third kappa shape index (κ3) is 3.48. The smallest absolute Gasteiger partial charge is 0.170 e. The lowest BCUT2D eigenvalue weighted by molar-refractivity contribution is 0.292. The Balaban J connectivity index is 2.82. The molecular weight excluding hydrogens is 213 g/mol. The minimum atomic E-state index is -0.454. The summed E-state index contributed by atoms with van der Waals surface area (Å²) >= 11 is 0. The van der Waals surface area contributed by atoms with Crippen LogP contribution in [0.3, 0.4) is 0 Å². The number of benzene rings is 1. The maximum Gasteiger partial charge on any atom is 0.170 e. The van der Waals surface area contributed by atoms with Gasteiger partial charge in [-0.15, -0.1) is 0 Å². The number of hydrogen-bond acceptors (Lipinski definition) is 4.